The number of hydrogen-bond donors (Lipinski definition) is 1. The van der Waals surface area contributed by atoms with Gasteiger partial charge in [0, 0.05) is 22.9 Å². The molecule has 0 saturated heterocycles. The molecule has 1 aromatic rings. The Hall–Kier alpha value is -1.15. The van der Waals surface area contributed by atoms with Gasteiger partial charge in [-0.3, -0.25) is 4.79 Å². The number of hydrogen-bond acceptors (Lipinski definition) is 2. The van der Waals surface area contributed by atoms with Crippen molar-refractivity contribution in [3.05, 3.63) is 35.4 Å². The molecule has 0 radical (unpaired) electrons. The monoisotopic (exact) mass is 233 g/mol. The lowest BCUT2D eigenvalue weighted by molar-refractivity contribution is 0.0858. The molecule has 0 aliphatic carbocycles. The molecule has 0 aliphatic heterocycles. The number of rotatable bonds is 3. The molecule has 0 amide bonds. The molecule has 0 bridgehead atoms. The Balaban J connectivity index is 3.01. The van der Waals surface area contributed by atoms with E-state index in [4.69, 9.17) is 5.73 Å². The summed E-state index contributed by atoms with van der Waals surface area (Å²) in [5.41, 5.74) is 7.32. The van der Waals surface area contributed by atoms with Gasteiger partial charge in [-0.05, 0) is 5.56 Å². The summed E-state index contributed by atoms with van der Waals surface area (Å²) in [5, 5.41) is 0. The second-order valence-corrected chi connectivity index (χ2v) is 6.24. The van der Waals surface area contributed by atoms with Gasteiger partial charge in [0.05, 0.1) is 0 Å². The van der Waals surface area contributed by atoms with Crippen LogP contribution >= 0.6 is 0 Å². The van der Waals surface area contributed by atoms with E-state index in [-0.39, 0.29) is 16.6 Å². The molecule has 0 atom stereocenters. The summed E-state index contributed by atoms with van der Waals surface area (Å²) in [6.45, 7) is 10.6. The first-order valence-electron chi connectivity index (χ1n) is 6.04. The van der Waals surface area contributed by atoms with E-state index >= 15 is 0 Å². The van der Waals surface area contributed by atoms with Crippen molar-refractivity contribution in [2.24, 2.45) is 11.1 Å². The van der Waals surface area contributed by atoms with E-state index in [2.05, 4.69) is 13.8 Å². The van der Waals surface area contributed by atoms with Crippen molar-refractivity contribution in [2.75, 3.05) is 6.54 Å². The SMILES string of the molecule is CC(C)(C)C(=O)c1ccc(C(C)(C)CN)cc1. The summed E-state index contributed by atoms with van der Waals surface area (Å²) in [4.78, 5) is 12.1. The van der Waals surface area contributed by atoms with E-state index in [1.54, 1.807) is 0 Å². The topological polar surface area (TPSA) is 43.1 Å². The smallest absolute Gasteiger partial charge is 0.168 e. The number of nitrogens with two attached hydrogens (primary N) is 1. The summed E-state index contributed by atoms with van der Waals surface area (Å²) >= 11 is 0. The maximum Gasteiger partial charge on any atom is 0.168 e. The standard InChI is InChI=1S/C15H23NO/c1-14(2,3)13(17)11-6-8-12(9-7-11)15(4,5)10-16/h6-9H,10,16H2,1-5H3. The summed E-state index contributed by atoms with van der Waals surface area (Å²) in [6, 6.07) is 7.82. The molecule has 2 N–H and O–H groups in total. The fourth-order valence-corrected chi connectivity index (χ4v) is 1.62. The van der Waals surface area contributed by atoms with Crippen LogP contribution in [0.4, 0.5) is 0 Å². The fourth-order valence-electron chi connectivity index (χ4n) is 1.62. The van der Waals surface area contributed by atoms with Gasteiger partial charge in [-0.25, -0.2) is 0 Å². The van der Waals surface area contributed by atoms with E-state index in [1.807, 2.05) is 45.0 Å². The van der Waals surface area contributed by atoms with Crippen LogP contribution in [0.1, 0.15) is 50.5 Å². The third-order valence-electron chi connectivity index (χ3n) is 3.12. The Morgan fingerprint density at radius 3 is 1.88 bits per heavy atom. The Morgan fingerprint density at radius 2 is 1.53 bits per heavy atom. The first kappa shape index (κ1) is 13.9. The molecule has 0 unspecified atom stereocenters. The lowest BCUT2D eigenvalue weighted by atomic mass is 9.82. The van der Waals surface area contributed by atoms with Gasteiger partial charge in [0.2, 0.25) is 0 Å². The Bertz CT molecular complexity index is 396. The molecule has 0 aromatic heterocycles. The predicted octanol–water partition coefficient (Wildman–Crippen LogP) is 3.15. The van der Waals surface area contributed by atoms with E-state index in [0.29, 0.717) is 6.54 Å². The van der Waals surface area contributed by atoms with Gasteiger partial charge in [0.1, 0.15) is 0 Å². The van der Waals surface area contributed by atoms with Crippen molar-refractivity contribution in [3.63, 3.8) is 0 Å². The first-order chi connectivity index (χ1) is 7.68. The molecule has 2 heteroatoms. The highest BCUT2D eigenvalue weighted by Crippen LogP contribution is 2.25. The van der Waals surface area contributed by atoms with Crippen LogP contribution in [0.2, 0.25) is 0 Å². The van der Waals surface area contributed by atoms with Gasteiger partial charge in [-0.2, -0.15) is 0 Å². The molecular weight excluding hydrogens is 210 g/mol. The molecule has 1 aromatic carbocycles. The molecule has 2 nitrogen and oxygen atoms in total. The molecular formula is C15H23NO. The van der Waals surface area contributed by atoms with Crippen molar-refractivity contribution in [1.29, 1.82) is 0 Å². The van der Waals surface area contributed by atoms with Crippen LogP contribution in [0.25, 0.3) is 0 Å². The van der Waals surface area contributed by atoms with E-state index < -0.39 is 0 Å². The molecule has 0 aliphatic rings. The van der Waals surface area contributed by atoms with Crippen molar-refractivity contribution in [3.8, 4) is 0 Å². The normalized spacial score (nSPS) is 12.6. The van der Waals surface area contributed by atoms with Crippen molar-refractivity contribution >= 4 is 5.78 Å². The van der Waals surface area contributed by atoms with Crippen LogP contribution in [-0.4, -0.2) is 12.3 Å². The summed E-state index contributed by atoms with van der Waals surface area (Å²) < 4.78 is 0. The van der Waals surface area contributed by atoms with Crippen LogP contribution in [0.5, 0.6) is 0 Å². The average Bonchev–Trinajstić information content (AvgIpc) is 2.27. The number of Topliss-reactive ketones (excluding diaryl/α,β-unsaturated/α-hetero) is 1. The minimum Gasteiger partial charge on any atom is -0.330 e. The minimum absolute atomic E-state index is 0.0384. The third kappa shape index (κ3) is 3.16. The highest BCUT2D eigenvalue weighted by molar-refractivity contribution is 5.99. The largest absolute Gasteiger partial charge is 0.330 e. The highest BCUT2D eigenvalue weighted by Gasteiger charge is 2.24. The maximum absolute atomic E-state index is 12.1. The van der Waals surface area contributed by atoms with Gasteiger partial charge in [-0.1, -0.05) is 58.9 Å². The molecule has 1 rings (SSSR count). The second-order valence-electron chi connectivity index (χ2n) is 6.24. The first-order valence-corrected chi connectivity index (χ1v) is 6.04. The number of carbonyl (C=O) groups is 1. The van der Waals surface area contributed by atoms with Crippen LogP contribution in [0, 0.1) is 5.41 Å². The van der Waals surface area contributed by atoms with Crippen molar-refractivity contribution in [1.82, 2.24) is 0 Å². The number of ketones is 1. The van der Waals surface area contributed by atoms with Gasteiger partial charge < -0.3 is 5.73 Å². The molecule has 0 saturated carbocycles. The quantitative estimate of drug-likeness (QED) is 0.815. The fraction of sp³-hybridized carbons (Fsp3) is 0.533. The van der Waals surface area contributed by atoms with E-state index in [0.717, 1.165) is 5.56 Å². The van der Waals surface area contributed by atoms with Crippen LogP contribution in [0.3, 0.4) is 0 Å². The molecule has 17 heavy (non-hydrogen) atoms. The zero-order chi connectivity index (χ0) is 13.3. The highest BCUT2D eigenvalue weighted by atomic mass is 16.1. The summed E-state index contributed by atoms with van der Waals surface area (Å²) in [5.74, 6) is 0.176. The van der Waals surface area contributed by atoms with Crippen LogP contribution in [-0.2, 0) is 5.41 Å². The third-order valence-corrected chi connectivity index (χ3v) is 3.12. The van der Waals surface area contributed by atoms with Gasteiger partial charge in [0.15, 0.2) is 5.78 Å². The maximum atomic E-state index is 12.1. The lowest BCUT2D eigenvalue weighted by Crippen LogP contribution is -2.28. The van der Waals surface area contributed by atoms with E-state index in [9.17, 15) is 4.79 Å². The van der Waals surface area contributed by atoms with Crippen molar-refractivity contribution in [2.45, 2.75) is 40.0 Å². The Labute approximate surface area is 104 Å². The average molecular weight is 233 g/mol. The Morgan fingerprint density at radius 1 is 1.06 bits per heavy atom. The molecule has 0 fully saturated rings. The number of carbonyl (C=O) groups excluding carboxylic acids is 1. The molecule has 0 heterocycles. The summed E-state index contributed by atoms with van der Waals surface area (Å²) in [7, 11) is 0. The van der Waals surface area contributed by atoms with Crippen LogP contribution < -0.4 is 5.73 Å². The van der Waals surface area contributed by atoms with Crippen molar-refractivity contribution < 1.29 is 4.79 Å². The summed E-state index contributed by atoms with van der Waals surface area (Å²) in [6.07, 6.45) is 0. The number of benzene rings is 1. The predicted molar refractivity (Wildman–Crippen MR) is 72.3 cm³/mol. The Kier molecular flexibility index (Phi) is 3.78. The molecule has 94 valence electrons. The zero-order valence-electron chi connectivity index (χ0n) is 11.5. The second kappa shape index (κ2) is 4.61. The van der Waals surface area contributed by atoms with E-state index in [1.165, 1.54) is 5.56 Å². The zero-order valence-corrected chi connectivity index (χ0v) is 11.5. The van der Waals surface area contributed by atoms with Gasteiger partial charge >= 0.3 is 0 Å². The van der Waals surface area contributed by atoms with Gasteiger partial charge in [0.25, 0.3) is 0 Å². The van der Waals surface area contributed by atoms with Crippen LogP contribution in [0.15, 0.2) is 24.3 Å². The molecule has 0 spiro atoms. The van der Waals surface area contributed by atoms with Gasteiger partial charge in [-0.15, -0.1) is 0 Å². The minimum atomic E-state index is -0.328. The lowest BCUT2D eigenvalue weighted by Gasteiger charge is -2.23.